The van der Waals surface area contributed by atoms with Gasteiger partial charge < -0.3 is 4.80 Å². The van der Waals surface area contributed by atoms with Crippen LogP contribution in [0.2, 0.25) is 0 Å². The van der Waals surface area contributed by atoms with Gasteiger partial charge in [-0.1, -0.05) is 13.0 Å². The number of rotatable bonds is 2. The fourth-order valence-corrected chi connectivity index (χ4v) is 1.70. The molecular weight excluding hydrogens is 142 g/mol. The molecule has 2 nitrogen and oxygen atoms in total. The zero-order chi connectivity index (χ0) is 7.40. The van der Waals surface area contributed by atoms with E-state index in [0.29, 0.717) is 0 Å². The van der Waals surface area contributed by atoms with Crippen molar-refractivity contribution >= 4 is 14.9 Å². The van der Waals surface area contributed by atoms with Crippen LogP contribution in [-0.2, 0) is 6.42 Å². The van der Waals surface area contributed by atoms with Crippen molar-refractivity contribution < 1.29 is 4.80 Å². The SMILES string of the molecule is CCc1ncccc1[SiH2]O. The van der Waals surface area contributed by atoms with Crippen molar-refractivity contribution in [2.45, 2.75) is 13.3 Å². The third-order valence-corrected chi connectivity index (χ3v) is 2.47. The van der Waals surface area contributed by atoms with Gasteiger partial charge >= 0.3 is 0 Å². The standard InChI is InChI=1S/C7H11NOSi/c1-2-6-7(10-9)4-3-5-8-6/h3-5,9H,2,10H2,1H3. The molecule has 0 saturated carbocycles. The molecule has 1 heterocycles. The molecule has 1 aromatic rings. The summed E-state index contributed by atoms with van der Waals surface area (Å²) in [7, 11) is -1.01. The Morgan fingerprint density at radius 1 is 1.70 bits per heavy atom. The van der Waals surface area contributed by atoms with Crippen LogP contribution >= 0.6 is 0 Å². The summed E-state index contributed by atoms with van der Waals surface area (Å²) in [5.74, 6) is 0. The van der Waals surface area contributed by atoms with E-state index in [-0.39, 0.29) is 0 Å². The first kappa shape index (κ1) is 7.43. The summed E-state index contributed by atoms with van der Waals surface area (Å²) in [6.45, 7) is 2.05. The van der Waals surface area contributed by atoms with Crippen LogP contribution in [0.15, 0.2) is 18.3 Å². The minimum absolute atomic E-state index is 0.920. The Kier molecular flexibility index (Phi) is 2.59. The average molecular weight is 153 g/mol. The van der Waals surface area contributed by atoms with E-state index in [2.05, 4.69) is 11.9 Å². The van der Waals surface area contributed by atoms with Gasteiger partial charge in [0.25, 0.3) is 0 Å². The van der Waals surface area contributed by atoms with E-state index < -0.39 is 9.76 Å². The predicted molar refractivity (Wildman–Crippen MR) is 44.0 cm³/mol. The lowest BCUT2D eigenvalue weighted by Gasteiger charge is -2.00. The quantitative estimate of drug-likeness (QED) is 0.573. The Bertz CT molecular complexity index is 192. The summed E-state index contributed by atoms with van der Waals surface area (Å²) >= 11 is 0. The Morgan fingerprint density at radius 2 is 2.50 bits per heavy atom. The van der Waals surface area contributed by atoms with Crippen molar-refractivity contribution in [2.75, 3.05) is 0 Å². The van der Waals surface area contributed by atoms with Gasteiger partial charge in [-0.3, -0.25) is 4.98 Å². The molecule has 0 spiro atoms. The summed E-state index contributed by atoms with van der Waals surface area (Å²) in [5, 5.41) is 1.07. The third kappa shape index (κ3) is 1.43. The maximum Gasteiger partial charge on any atom is 0.189 e. The van der Waals surface area contributed by atoms with Gasteiger partial charge in [-0.15, -0.1) is 0 Å². The summed E-state index contributed by atoms with van der Waals surface area (Å²) in [6.07, 6.45) is 2.69. The molecule has 0 unspecified atom stereocenters. The molecule has 0 aromatic carbocycles. The molecule has 54 valence electrons. The second-order valence-electron chi connectivity index (χ2n) is 2.12. The zero-order valence-corrected chi connectivity index (χ0v) is 7.45. The molecule has 0 amide bonds. The van der Waals surface area contributed by atoms with Crippen LogP contribution in [0.25, 0.3) is 0 Å². The predicted octanol–water partition coefficient (Wildman–Crippen LogP) is -0.655. The van der Waals surface area contributed by atoms with Crippen molar-refractivity contribution in [1.29, 1.82) is 0 Å². The molecule has 0 saturated heterocycles. The minimum atomic E-state index is -1.01. The number of nitrogens with zero attached hydrogens (tertiary/aromatic N) is 1. The molecule has 0 aliphatic heterocycles. The molecule has 0 atom stereocenters. The molecule has 1 N–H and O–H groups in total. The van der Waals surface area contributed by atoms with E-state index in [1.165, 1.54) is 0 Å². The van der Waals surface area contributed by atoms with Gasteiger partial charge in [0.15, 0.2) is 9.76 Å². The van der Waals surface area contributed by atoms with Crippen LogP contribution in [-0.4, -0.2) is 19.5 Å². The van der Waals surface area contributed by atoms with E-state index in [0.717, 1.165) is 17.3 Å². The highest BCUT2D eigenvalue weighted by molar-refractivity contribution is 6.46. The average Bonchev–Trinajstić information content (AvgIpc) is 2.04. The van der Waals surface area contributed by atoms with Crippen LogP contribution in [0.5, 0.6) is 0 Å². The van der Waals surface area contributed by atoms with Crippen LogP contribution in [0.3, 0.4) is 0 Å². The van der Waals surface area contributed by atoms with Gasteiger partial charge in [-0.05, 0) is 17.7 Å². The maximum absolute atomic E-state index is 8.95. The first-order valence-electron chi connectivity index (χ1n) is 3.42. The van der Waals surface area contributed by atoms with E-state index in [1.807, 2.05) is 12.1 Å². The van der Waals surface area contributed by atoms with Crippen LogP contribution in [0, 0.1) is 0 Å². The largest absolute Gasteiger partial charge is 0.433 e. The first-order valence-corrected chi connectivity index (χ1v) is 4.76. The van der Waals surface area contributed by atoms with Gasteiger partial charge in [0, 0.05) is 11.9 Å². The van der Waals surface area contributed by atoms with Crippen LogP contribution < -0.4 is 5.19 Å². The molecule has 0 aliphatic rings. The summed E-state index contributed by atoms with van der Waals surface area (Å²) < 4.78 is 0. The van der Waals surface area contributed by atoms with E-state index >= 15 is 0 Å². The van der Waals surface area contributed by atoms with E-state index in [9.17, 15) is 0 Å². The Hall–Kier alpha value is -0.673. The molecule has 10 heavy (non-hydrogen) atoms. The normalized spacial score (nSPS) is 11.0. The Balaban J connectivity index is 2.96. The minimum Gasteiger partial charge on any atom is -0.433 e. The van der Waals surface area contributed by atoms with Crippen LogP contribution in [0.1, 0.15) is 12.6 Å². The number of hydrogen-bond donors (Lipinski definition) is 1. The van der Waals surface area contributed by atoms with Gasteiger partial charge in [0.2, 0.25) is 0 Å². The Morgan fingerprint density at radius 3 is 3.00 bits per heavy atom. The van der Waals surface area contributed by atoms with E-state index in [4.69, 9.17) is 4.80 Å². The molecular formula is C7H11NOSi. The summed E-state index contributed by atoms with van der Waals surface area (Å²) in [5.41, 5.74) is 1.05. The first-order chi connectivity index (χ1) is 4.88. The van der Waals surface area contributed by atoms with Crippen LogP contribution in [0.4, 0.5) is 0 Å². The molecule has 1 rings (SSSR count). The van der Waals surface area contributed by atoms with Crippen molar-refractivity contribution in [3.63, 3.8) is 0 Å². The number of aromatic nitrogens is 1. The molecule has 0 fully saturated rings. The molecule has 0 bridgehead atoms. The van der Waals surface area contributed by atoms with Gasteiger partial charge in [-0.25, -0.2) is 0 Å². The molecule has 0 radical (unpaired) electrons. The van der Waals surface area contributed by atoms with Gasteiger partial charge in [0.05, 0.1) is 0 Å². The van der Waals surface area contributed by atoms with Gasteiger partial charge in [0.1, 0.15) is 0 Å². The number of hydrogen-bond acceptors (Lipinski definition) is 2. The lowest BCUT2D eigenvalue weighted by atomic mass is 10.3. The fraction of sp³-hybridized carbons (Fsp3) is 0.286. The third-order valence-electron chi connectivity index (χ3n) is 1.49. The van der Waals surface area contributed by atoms with Gasteiger partial charge in [-0.2, -0.15) is 0 Å². The fourth-order valence-electron chi connectivity index (χ4n) is 0.934. The summed E-state index contributed by atoms with van der Waals surface area (Å²) in [4.78, 5) is 13.1. The topological polar surface area (TPSA) is 33.1 Å². The summed E-state index contributed by atoms with van der Waals surface area (Å²) in [6, 6.07) is 3.83. The second kappa shape index (κ2) is 3.48. The zero-order valence-electron chi connectivity index (χ0n) is 6.04. The highest BCUT2D eigenvalue weighted by Gasteiger charge is 1.97. The second-order valence-corrected chi connectivity index (χ2v) is 3.20. The van der Waals surface area contributed by atoms with Crippen molar-refractivity contribution in [3.8, 4) is 0 Å². The molecule has 0 aliphatic carbocycles. The van der Waals surface area contributed by atoms with Crippen molar-refractivity contribution in [1.82, 2.24) is 4.98 Å². The monoisotopic (exact) mass is 153 g/mol. The van der Waals surface area contributed by atoms with E-state index in [1.54, 1.807) is 6.20 Å². The molecule has 1 aromatic heterocycles. The highest BCUT2D eigenvalue weighted by Crippen LogP contribution is 1.89. The maximum atomic E-state index is 8.95. The number of aryl methyl sites for hydroxylation is 1. The lowest BCUT2D eigenvalue weighted by molar-refractivity contribution is 0.614. The Labute approximate surface area is 62.9 Å². The number of pyridine rings is 1. The highest BCUT2D eigenvalue weighted by atomic mass is 28.2. The van der Waals surface area contributed by atoms with Crippen molar-refractivity contribution in [3.05, 3.63) is 24.0 Å². The van der Waals surface area contributed by atoms with Crippen molar-refractivity contribution in [2.24, 2.45) is 0 Å². The smallest absolute Gasteiger partial charge is 0.189 e. The lowest BCUT2D eigenvalue weighted by Crippen LogP contribution is -2.19. The molecule has 3 heteroatoms.